The van der Waals surface area contributed by atoms with E-state index in [2.05, 4.69) is 27.7 Å². The molecule has 0 rings (SSSR count). The number of hydrogen-bond acceptors (Lipinski definition) is 0. The van der Waals surface area contributed by atoms with Crippen LogP contribution in [0.4, 0.5) is 0 Å². The minimum atomic E-state index is 1.01. The first-order valence-corrected chi connectivity index (χ1v) is 15.3. The van der Waals surface area contributed by atoms with Crippen LogP contribution in [0.2, 0.25) is 0 Å². The molecule has 0 aromatic carbocycles. The average molecular weight is 437 g/mol. The van der Waals surface area contributed by atoms with Gasteiger partial charge in [0.25, 0.3) is 0 Å². The van der Waals surface area contributed by atoms with Gasteiger partial charge in [0.05, 0.1) is 0 Å². The van der Waals surface area contributed by atoms with Crippen LogP contribution in [0.3, 0.4) is 0 Å². The van der Waals surface area contributed by atoms with E-state index in [0.717, 1.165) is 11.8 Å². The van der Waals surface area contributed by atoms with E-state index in [1.807, 2.05) is 0 Å². The zero-order chi connectivity index (χ0) is 22.8. The maximum atomic E-state index is 2.42. The van der Waals surface area contributed by atoms with Gasteiger partial charge in [0.15, 0.2) is 0 Å². The Bertz CT molecular complexity index is 277. The topological polar surface area (TPSA) is 0 Å². The lowest BCUT2D eigenvalue weighted by molar-refractivity contribution is 0.370. The van der Waals surface area contributed by atoms with Crippen LogP contribution in [0, 0.1) is 11.8 Å². The van der Waals surface area contributed by atoms with Crippen molar-refractivity contribution < 1.29 is 0 Å². The second-order valence-electron chi connectivity index (χ2n) is 10.7. The Kier molecular flexibility index (Phi) is 26.3. The first-order chi connectivity index (χ1) is 15.3. The Morgan fingerprint density at radius 1 is 0.290 bits per heavy atom. The van der Waals surface area contributed by atoms with Gasteiger partial charge in [0.2, 0.25) is 0 Å². The van der Waals surface area contributed by atoms with Gasteiger partial charge in [0, 0.05) is 0 Å². The van der Waals surface area contributed by atoms with E-state index in [-0.39, 0.29) is 0 Å². The molecule has 0 saturated heterocycles. The predicted octanol–water partition coefficient (Wildman–Crippen LogP) is 12.1. The molecule has 0 aromatic heterocycles. The molecule has 0 N–H and O–H groups in total. The first-order valence-electron chi connectivity index (χ1n) is 15.3. The average Bonchev–Trinajstić information content (AvgIpc) is 2.79. The summed E-state index contributed by atoms with van der Waals surface area (Å²) in [4.78, 5) is 0. The minimum Gasteiger partial charge on any atom is -0.0654 e. The molecule has 0 aromatic rings. The standard InChI is InChI=1S/C31H64/c1-5-9-11-13-15-17-19-22-26-30(7-3)28-24-21-25-29-31(8-4)27-23-20-18-16-14-12-10-6-2/h30-31H,5-29H2,1-4H3. The molecule has 0 spiro atoms. The molecule has 0 radical (unpaired) electrons. The van der Waals surface area contributed by atoms with Crippen LogP contribution in [-0.4, -0.2) is 0 Å². The lowest BCUT2D eigenvalue weighted by Gasteiger charge is -2.16. The van der Waals surface area contributed by atoms with Crippen molar-refractivity contribution >= 4 is 0 Å². The number of hydrogen-bond donors (Lipinski definition) is 0. The van der Waals surface area contributed by atoms with Crippen molar-refractivity contribution in [3.63, 3.8) is 0 Å². The van der Waals surface area contributed by atoms with Crippen molar-refractivity contribution in [1.82, 2.24) is 0 Å². The van der Waals surface area contributed by atoms with E-state index in [1.165, 1.54) is 161 Å². The van der Waals surface area contributed by atoms with Crippen molar-refractivity contribution in [1.29, 1.82) is 0 Å². The van der Waals surface area contributed by atoms with E-state index in [1.54, 1.807) is 0 Å². The summed E-state index contributed by atoms with van der Waals surface area (Å²) in [6.45, 7) is 9.47. The van der Waals surface area contributed by atoms with Gasteiger partial charge in [-0.2, -0.15) is 0 Å². The maximum absolute atomic E-state index is 2.42. The van der Waals surface area contributed by atoms with Crippen molar-refractivity contribution in [2.24, 2.45) is 11.8 Å². The molecular weight excluding hydrogens is 372 g/mol. The van der Waals surface area contributed by atoms with Crippen molar-refractivity contribution in [2.45, 2.75) is 188 Å². The lowest BCUT2D eigenvalue weighted by Crippen LogP contribution is -2.01. The van der Waals surface area contributed by atoms with Gasteiger partial charge >= 0.3 is 0 Å². The van der Waals surface area contributed by atoms with E-state index in [0.29, 0.717) is 0 Å². The molecule has 0 heterocycles. The summed E-state index contributed by atoms with van der Waals surface area (Å²) in [5.41, 5.74) is 0. The summed E-state index contributed by atoms with van der Waals surface area (Å²) in [5.74, 6) is 2.03. The van der Waals surface area contributed by atoms with Crippen molar-refractivity contribution in [3.8, 4) is 0 Å². The van der Waals surface area contributed by atoms with Crippen LogP contribution in [0.25, 0.3) is 0 Å². The lowest BCUT2D eigenvalue weighted by atomic mass is 9.90. The maximum Gasteiger partial charge on any atom is -0.0417 e. The van der Waals surface area contributed by atoms with E-state index >= 15 is 0 Å². The molecule has 2 unspecified atom stereocenters. The molecule has 0 heteroatoms. The fourth-order valence-electron chi connectivity index (χ4n) is 5.28. The highest BCUT2D eigenvalue weighted by molar-refractivity contribution is 4.62. The molecule has 0 aliphatic carbocycles. The van der Waals surface area contributed by atoms with Gasteiger partial charge < -0.3 is 0 Å². The molecule has 0 fully saturated rings. The van der Waals surface area contributed by atoms with Crippen LogP contribution in [-0.2, 0) is 0 Å². The van der Waals surface area contributed by atoms with Gasteiger partial charge in [-0.3, -0.25) is 0 Å². The van der Waals surface area contributed by atoms with Gasteiger partial charge in [-0.1, -0.05) is 188 Å². The number of rotatable bonds is 26. The van der Waals surface area contributed by atoms with E-state index in [4.69, 9.17) is 0 Å². The zero-order valence-corrected chi connectivity index (χ0v) is 22.8. The third-order valence-electron chi connectivity index (χ3n) is 7.81. The molecular formula is C31H64. The minimum absolute atomic E-state index is 1.01. The molecule has 31 heavy (non-hydrogen) atoms. The second-order valence-corrected chi connectivity index (χ2v) is 10.7. The smallest absolute Gasteiger partial charge is 0.0417 e. The third-order valence-corrected chi connectivity index (χ3v) is 7.81. The third kappa shape index (κ3) is 23.0. The van der Waals surface area contributed by atoms with E-state index < -0.39 is 0 Å². The van der Waals surface area contributed by atoms with Gasteiger partial charge in [-0.25, -0.2) is 0 Å². The summed E-state index contributed by atoms with van der Waals surface area (Å²) in [6.07, 6.45) is 36.7. The molecule has 0 aliphatic heterocycles. The Balaban J connectivity index is 3.53. The Morgan fingerprint density at radius 2 is 0.516 bits per heavy atom. The quantitative estimate of drug-likeness (QED) is 0.118. The molecule has 0 saturated carbocycles. The monoisotopic (exact) mass is 437 g/mol. The summed E-state index contributed by atoms with van der Waals surface area (Å²) in [5, 5.41) is 0. The van der Waals surface area contributed by atoms with Crippen LogP contribution in [0.1, 0.15) is 188 Å². The first kappa shape index (κ1) is 31.0. The van der Waals surface area contributed by atoms with Crippen LogP contribution >= 0.6 is 0 Å². The van der Waals surface area contributed by atoms with Crippen LogP contribution in [0.5, 0.6) is 0 Å². The Morgan fingerprint density at radius 3 is 0.774 bits per heavy atom. The molecule has 2 atom stereocenters. The second kappa shape index (κ2) is 26.3. The fraction of sp³-hybridized carbons (Fsp3) is 1.00. The predicted molar refractivity (Wildman–Crippen MR) is 145 cm³/mol. The SMILES string of the molecule is CCCCCCCCCCC(CC)CCCCCC(CC)CCCCCCCCCC. The van der Waals surface area contributed by atoms with Gasteiger partial charge in [0.1, 0.15) is 0 Å². The molecule has 0 nitrogen and oxygen atoms in total. The largest absolute Gasteiger partial charge is 0.0654 e. The summed E-state index contributed by atoms with van der Waals surface area (Å²) in [7, 11) is 0. The Hall–Kier alpha value is 0. The molecule has 0 aliphatic rings. The summed E-state index contributed by atoms with van der Waals surface area (Å²) in [6, 6.07) is 0. The normalized spacial score (nSPS) is 13.5. The van der Waals surface area contributed by atoms with E-state index in [9.17, 15) is 0 Å². The Labute approximate surface area is 200 Å². The highest BCUT2D eigenvalue weighted by Crippen LogP contribution is 2.24. The highest BCUT2D eigenvalue weighted by Gasteiger charge is 2.08. The summed E-state index contributed by atoms with van der Waals surface area (Å²) >= 11 is 0. The van der Waals surface area contributed by atoms with Gasteiger partial charge in [-0.15, -0.1) is 0 Å². The van der Waals surface area contributed by atoms with Gasteiger partial charge in [-0.05, 0) is 11.8 Å². The summed E-state index contributed by atoms with van der Waals surface area (Å²) < 4.78 is 0. The molecule has 188 valence electrons. The highest BCUT2D eigenvalue weighted by atomic mass is 14.1. The van der Waals surface area contributed by atoms with Crippen molar-refractivity contribution in [2.75, 3.05) is 0 Å². The van der Waals surface area contributed by atoms with Crippen LogP contribution in [0.15, 0.2) is 0 Å². The van der Waals surface area contributed by atoms with Crippen LogP contribution < -0.4 is 0 Å². The number of unbranched alkanes of at least 4 members (excludes halogenated alkanes) is 16. The van der Waals surface area contributed by atoms with Crippen molar-refractivity contribution in [3.05, 3.63) is 0 Å². The molecule has 0 amide bonds. The zero-order valence-electron chi connectivity index (χ0n) is 22.8. The fourth-order valence-corrected chi connectivity index (χ4v) is 5.28. The molecule has 0 bridgehead atoms.